The summed E-state index contributed by atoms with van der Waals surface area (Å²) in [4.78, 5) is 24.2. The molecule has 3 aromatic carbocycles. The van der Waals surface area contributed by atoms with Gasteiger partial charge in [0.25, 0.3) is 0 Å². The van der Waals surface area contributed by atoms with Crippen LogP contribution in [0.25, 0.3) is 22.7 Å². The third kappa shape index (κ3) is 4.91. The number of hydrogen-bond donors (Lipinski definition) is 1. The van der Waals surface area contributed by atoms with Crippen LogP contribution in [0.1, 0.15) is 35.6 Å². The van der Waals surface area contributed by atoms with Crippen molar-refractivity contribution in [2.45, 2.75) is 13.8 Å². The first kappa shape index (κ1) is 24.9. The molecular weight excluding hydrogens is 454 g/mol. The van der Waals surface area contributed by atoms with Crippen LogP contribution in [-0.4, -0.2) is 50.2 Å². The van der Waals surface area contributed by atoms with Gasteiger partial charge in [-0.3, -0.25) is 4.79 Å². The van der Waals surface area contributed by atoms with Crippen molar-refractivity contribution in [3.05, 3.63) is 77.6 Å². The average Bonchev–Trinajstić information content (AvgIpc) is 3.36. The summed E-state index contributed by atoms with van der Waals surface area (Å²) >= 11 is 0. The number of ether oxygens (including phenoxy) is 3. The van der Waals surface area contributed by atoms with E-state index in [9.17, 15) is 4.79 Å². The van der Waals surface area contributed by atoms with E-state index < -0.39 is 0 Å². The summed E-state index contributed by atoms with van der Waals surface area (Å²) in [5.74, 6) is 1.52. The average molecular weight is 486 g/mol. The van der Waals surface area contributed by atoms with E-state index in [4.69, 9.17) is 19.2 Å². The summed E-state index contributed by atoms with van der Waals surface area (Å²) < 4.78 is 16.4. The molecule has 0 amide bonds. The van der Waals surface area contributed by atoms with Crippen molar-refractivity contribution in [2.75, 3.05) is 39.3 Å². The Kier molecular flexibility index (Phi) is 7.59. The first-order chi connectivity index (χ1) is 17.5. The monoisotopic (exact) mass is 485 g/mol. The van der Waals surface area contributed by atoms with Crippen molar-refractivity contribution in [1.82, 2.24) is 9.97 Å². The Morgan fingerprint density at radius 3 is 2.11 bits per heavy atom. The second-order valence-corrected chi connectivity index (χ2v) is 8.17. The standard InChI is InChI=1S/C29H31N3O4/c1-6-32(7-2)21-14-12-19(13-15-21)16-22(29-30-23-10-8-9-11-24(23)31-29)27(33)20-17-25(34-3)28(36-5)26(18-20)35-4/h8-18H,6-7H2,1-5H3,(H,30,31)/b22-16+. The Balaban J connectivity index is 1.84. The number of rotatable bonds is 10. The smallest absolute Gasteiger partial charge is 0.203 e. The molecule has 0 spiro atoms. The van der Waals surface area contributed by atoms with Crippen molar-refractivity contribution < 1.29 is 19.0 Å². The van der Waals surface area contributed by atoms with E-state index in [2.05, 4.69) is 35.9 Å². The van der Waals surface area contributed by atoms with Crippen molar-refractivity contribution in [2.24, 2.45) is 0 Å². The van der Waals surface area contributed by atoms with Gasteiger partial charge in [-0.05, 0) is 61.9 Å². The van der Waals surface area contributed by atoms with E-state index in [1.807, 2.05) is 42.5 Å². The molecule has 0 atom stereocenters. The maximum atomic E-state index is 13.9. The Hall–Kier alpha value is -4.26. The molecule has 0 aliphatic carbocycles. The van der Waals surface area contributed by atoms with Gasteiger partial charge in [-0.15, -0.1) is 0 Å². The van der Waals surface area contributed by atoms with Crippen LogP contribution in [0.4, 0.5) is 5.69 Å². The fraction of sp³-hybridized carbons (Fsp3) is 0.241. The number of para-hydroxylation sites is 2. The first-order valence-corrected chi connectivity index (χ1v) is 11.9. The summed E-state index contributed by atoms with van der Waals surface area (Å²) in [5, 5.41) is 0. The van der Waals surface area contributed by atoms with E-state index in [0.29, 0.717) is 34.2 Å². The number of carbonyl (C=O) groups excluding carboxylic acids is 1. The SMILES string of the molecule is CCN(CC)c1ccc(/C=C(\C(=O)c2cc(OC)c(OC)c(OC)c2)c2nc3ccccc3[nH]2)cc1. The first-order valence-electron chi connectivity index (χ1n) is 11.9. The molecule has 0 aliphatic heterocycles. The highest BCUT2D eigenvalue weighted by Gasteiger charge is 2.22. The number of H-pyrrole nitrogens is 1. The zero-order chi connectivity index (χ0) is 25.7. The molecule has 1 N–H and O–H groups in total. The molecule has 1 aromatic heterocycles. The van der Waals surface area contributed by atoms with Crippen LogP contribution in [0.5, 0.6) is 17.2 Å². The number of carbonyl (C=O) groups is 1. The number of nitrogens with one attached hydrogen (secondary N) is 1. The van der Waals surface area contributed by atoms with Gasteiger partial charge < -0.3 is 24.1 Å². The number of nitrogens with zero attached hydrogens (tertiary/aromatic N) is 2. The zero-order valence-electron chi connectivity index (χ0n) is 21.3. The number of ketones is 1. The lowest BCUT2D eigenvalue weighted by molar-refractivity contribution is 0.105. The second kappa shape index (κ2) is 11.0. The summed E-state index contributed by atoms with van der Waals surface area (Å²) in [7, 11) is 4.58. The lowest BCUT2D eigenvalue weighted by atomic mass is 9.99. The summed E-state index contributed by atoms with van der Waals surface area (Å²) in [6.45, 7) is 6.12. The maximum Gasteiger partial charge on any atom is 0.203 e. The number of aromatic nitrogens is 2. The summed E-state index contributed by atoms with van der Waals surface area (Å²) in [6.07, 6.45) is 1.86. The van der Waals surface area contributed by atoms with Gasteiger partial charge in [0.05, 0.1) is 37.9 Å². The molecule has 7 heteroatoms. The molecular formula is C29H31N3O4. The number of hydrogen-bond acceptors (Lipinski definition) is 6. The van der Waals surface area contributed by atoms with E-state index >= 15 is 0 Å². The molecule has 4 aromatic rings. The normalized spacial score (nSPS) is 11.4. The minimum absolute atomic E-state index is 0.221. The minimum atomic E-state index is -0.221. The molecule has 7 nitrogen and oxygen atoms in total. The third-order valence-corrected chi connectivity index (χ3v) is 6.15. The highest BCUT2D eigenvalue weighted by atomic mass is 16.5. The predicted molar refractivity (Wildman–Crippen MR) is 144 cm³/mol. The van der Waals surface area contributed by atoms with Crippen LogP contribution < -0.4 is 19.1 Å². The summed E-state index contributed by atoms with van der Waals surface area (Å²) in [6, 6.07) is 19.2. The van der Waals surface area contributed by atoms with Gasteiger partial charge in [0.15, 0.2) is 17.3 Å². The third-order valence-electron chi connectivity index (χ3n) is 6.15. The Bertz CT molecular complexity index is 1330. The number of fused-ring (bicyclic) bond motifs is 1. The molecule has 0 saturated heterocycles. The highest BCUT2D eigenvalue weighted by Crippen LogP contribution is 2.39. The Morgan fingerprint density at radius 1 is 0.917 bits per heavy atom. The number of methoxy groups -OCH3 is 3. The van der Waals surface area contributed by atoms with Crippen molar-refractivity contribution >= 4 is 34.2 Å². The second-order valence-electron chi connectivity index (χ2n) is 8.17. The lowest BCUT2D eigenvalue weighted by Gasteiger charge is -2.20. The van der Waals surface area contributed by atoms with E-state index in [-0.39, 0.29) is 5.78 Å². The van der Waals surface area contributed by atoms with Crippen molar-refractivity contribution in [3.8, 4) is 17.2 Å². The Morgan fingerprint density at radius 2 is 1.56 bits per heavy atom. The van der Waals surface area contributed by atoms with E-state index in [1.54, 1.807) is 12.1 Å². The molecule has 0 unspecified atom stereocenters. The molecule has 0 fully saturated rings. The molecule has 0 bridgehead atoms. The van der Waals surface area contributed by atoms with E-state index in [1.165, 1.54) is 21.3 Å². The number of aromatic amines is 1. The van der Waals surface area contributed by atoms with Crippen LogP contribution in [0.2, 0.25) is 0 Å². The van der Waals surface area contributed by atoms with Gasteiger partial charge in [0.1, 0.15) is 5.82 Å². The number of anilines is 1. The van der Waals surface area contributed by atoms with Crippen LogP contribution >= 0.6 is 0 Å². The molecule has 186 valence electrons. The molecule has 0 aliphatic rings. The molecule has 36 heavy (non-hydrogen) atoms. The van der Waals surface area contributed by atoms with Crippen molar-refractivity contribution in [3.63, 3.8) is 0 Å². The number of imidazole rings is 1. The fourth-order valence-electron chi connectivity index (χ4n) is 4.23. The quantitative estimate of drug-likeness (QED) is 0.224. The van der Waals surface area contributed by atoms with Crippen LogP contribution in [-0.2, 0) is 0 Å². The maximum absolute atomic E-state index is 13.9. The largest absolute Gasteiger partial charge is 0.493 e. The van der Waals surface area contributed by atoms with E-state index in [0.717, 1.165) is 35.4 Å². The van der Waals surface area contributed by atoms with Gasteiger partial charge in [0.2, 0.25) is 5.75 Å². The van der Waals surface area contributed by atoms with Gasteiger partial charge in [0, 0.05) is 24.3 Å². The van der Waals surface area contributed by atoms with Gasteiger partial charge in [-0.2, -0.15) is 0 Å². The number of allylic oxidation sites excluding steroid dienone is 1. The summed E-state index contributed by atoms with van der Waals surface area (Å²) in [5.41, 5.74) is 4.49. The van der Waals surface area contributed by atoms with Crippen molar-refractivity contribution in [1.29, 1.82) is 0 Å². The lowest BCUT2D eigenvalue weighted by Crippen LogP contribution is -2.21. The molecule has 4 rings (SSSR count). The highest BCUT2D eigenvalue weighted by molar-refractivity contribution is 6.32. The van der Waals surface area contributed by atoms with Gasteiger partial charge in [-0.25, -0.2) is 4.98 Å². The predicted octanol–water partition coefficient (Wildman–Crippen LogP) is 5.86. The number of benzene rings is 3. The number of Topliss-reactive ketones (excluding diaryl/α,β-unsaturated/α-hetero) is 1. The molecule has 0 saturated carbocycles. The van der Waals surface area contributed by atoms with Gasteiger partial charge >= 0.3 is 0 Å². The molecule has 0 radical (unpaired) electrons. The Labute approximate surface area is 211 Å². The molecule has 1 heterocycles. The minimum Gasteiger partial charge on any atom is -0.493 e. The fourth-order valence-corrected chi connectivity index (χ4v) is 4.23. The van der Waals surface area contributed by atoms with Gasteiger partial charge in [-0.1, -0.05) is 24.3 Å². The van der Waals surface area contributed by atoms with Crippen LogP contribution in [0, 0.1) is 0 Å². The van der Waals surface area contributed by atoms with Crippen LogP contribution in [0.15, 0.2) is 60.7 Å². The zero-order valence-corrected chi connectivity index (χ0v) is 21.3. The topological polar surface area (TPSA) is 76.7 Å². The van der Waals surface area contributed by atoms with Crippen LogP contribution in [0.3, 0.4) is 0 Å².